The van der Waals surface area contributed by atoms with Gasteiger partial charge in [-0.15, -0.1) is 0 Å². The zero-order valence-corrected chi connectivity index (χ0v) is 16.5. The highest BCUT2D eigenvalue weighted by atomic mass is 35.5. The number of halogens is 1. The highest BCUT2D eigenvalue weighted by Gasteiger charge is 2.15. The maximum Gasteiger partial charge on any atom is 0.306 e. The van der Waals surface area contributed by atoms with Crippen molar-refractivity contribution in [2.75, 3.05) is 6.61 Å². The summed E-state index contributed by atoms with van der Waals surface area (Å²) in [5.41, 5.74) is 1.18. The number of aromatic nitrogens is 2. The number of hydrogen-bond donors (Lipinski definition) is 0. The quantitative estimate of drug-likeness (QED) is 0.376. The number of carbonyl (C=O) groups is 2. The van der Waals surface area contributed by atoms with Crippen molar-refractivity contribution in [1.82, 2.24) is 10.1 Å². The number of nitrogens with zero attached hydrogens (tertiary/aromatic N) is 2. The first-order chi connectivity index (χ1) is 14.1. The van der Waals surface area contributed by atoms with Crippen molar-refractivity contribution in [3.05, 3.63) is 65.0 Å². The second-order valence-electron chi connectivity index (χ2n) is 6.03. The summed E-state index contributed by atoms with van der Waals surface area (Å²) >= 11 is 5.80. The summed E-state index contributed by atoms with van der Waals surface area (Å²) in [4.78, 5) is 28.2. The monoisotopic (exact) mass is 414 g/mol. The largest absolute Gasteiger partial charge is 0.493 e. The highest BCUT2D eigenvalue weighted by Crippen LogP contribution is 2.27. The molecule has 0 atom stereocenters. The second-order valence-corrected chi connectivity index (χ2v) is 6.47. The third kappa shape index (κ3) is 5.65. The molecule has 0 radical (unpaired) electrons. The number of Topliss-reactive ketones (excluding diaryl/α,β-unsaturated/α-hetero) is 1. The van der Waals surface area contributed by atoms with Crippen LogP contribution in [-0.4, -0.2) is 28.5 Å². The Balaban J connectivity index is 1.51. The lowest BCUT2D eigenvalue weighted by molar-refractivity contribution is -0.145. The van der Waals surface area contributed by atoms with Crippen LogP contribution in [0.2, 0.25) is 5.02 Å². The van der Waals surface area contributed by atoms with Crippen LogP contribution < -0.4 is 4.74 Å². The van der Waals surface area contributed by atoms with E-state index >= 15 is 0 Å². The first-order valence-electron chi connectivity index (χ1n) is 9.06. The van der Waals surface area contributed by atoms with Gasteiger partial charge in [-0.05, 0) is 43.3 Å². The number of carbonyl (C=O) groups excluding carboxylic acids is 2. The van der Waals surface area contributed by atoms with Gasteiger partial charge in [0.25, 0.3) is 5.89 Å². The fraction of sp³-hybridized carbons (Fsp3) is 0.238. The summed E-state index contributed by atoms with van der Waals surface area (Å²) in [5, 5.41) is 4.45. The van der Waals surface area contributed by atoms with Gasteiger partial charge in [0.05, 0.1) is 18.6 Å². The fourth-order valence-electron chi connectivity index (χ4n) is 2.57. The van der Waals surface area contributed by atoms with Gasteiger partial charge in [-0.25, -0.2) is 0 Å². The molecule has 2 aromatic carbocycles. The van der Waals surface area contributed by atoms with Crippen molar-refractivity contribution in [1.29, 1.82) is 0 Å². The van der Waals surface area contributed by atoms with Crippen LogP contribution >= 0.6 is 11.6 Å². The molecular weight excluding hydrogens is 396 g/mol. The lowest BCUT2D eigenvalue weighted by atomic mass is 10.1. The van der Waals surface area contributed by atoms with Gasteiger partial charge in [-0.3, -0.25) is 9.59 Å². The number of ketones is 1. The average molecular weight is 415 g/mol. The van der Waals surface area contributed by atoms with Gasteiger partial charge >= 0.3 is 5.97 Å². The second kappa shape index (κ2) is 9.84. The van der Waals surface area contributed by atoms with E-state index in [1.165, 1.54) is 0 Å². The molecule has 0 amide bonds. The zero-order chi connectivity index (χ0) is 20.6. The first-order valence-corrected chi connectivity index (χ1v) is 9.43. The minimum absolute atomic E-state index is 0.0390. The normalized spacial score (nSPS) is 10.6. The number of rotatable bonds is 9. The molecule has 0 saturated carbocycles. The average Bonchev–Trinajstić information content (AvgIpc) is 3.20. The Morgan fingerprint density at radius 1 is 1.07 bits per heavy atom. The van der Waals surface area contributed by atoms with Crippen molar-refractivity contribution >= 4 is 23.4 Å². The highest BCUT2D eigenvalue weighted by molar-refractivity contribution is 6.30. The van der Waals surface area contributed by atoms with Crippen LogP contribution in [0.15, 0.2) is 53.1 Å². The van der Waals surface area contributed by atoms with E-state index in [-0.39, 0.29) is 31.1 Å². The topological polar surface area (TPSA) is 91.5 Å². The molecule has 0 aliphatic carbocycles. The number of esters is 1. The molecule has 3 rings (SSSR count). The van der Waals surface area contributed by atoms with Gasteiger partial charge in [0.15, 0.2) is 12.4 Å². The molecule has 7 nitrogen and oxygen atoms in total. The molecule has 1 heterocycles. The van der Waals surface area contributed by atoms with E-state index in [0.717, 1.165) is 0 Å². The van der Waals surface area contributed by atoms with Crippen molar-refractivity contribution in [2.24, 2.45) is 0 Å². The van der Waals surface area contributed by atoms with Crippen LogP contribution in [0.3, 0.4) is 0 Å². The Bertz CT molecular complexity index is 985. The molecule has 3 aromatic rings. The zero-order valence-electron chi connectivity index (χ0n) is 15.8. The molecule has 150 valence electrons. The summed E-state index contributed by atoms with van der Waals surface area (Å²) in [7, 11) is 0. The minimum atomic E-state index is -0.526. The van der Waals surface area contributed by atoms with Crippen molar-refractivity contribution in [3.8, 4) is 17.1 Å². The van der Waals surface area contributed by atoms with Crippen LogP contribution in [0.1, 0.15) is 36.0 Å². The Labute approximate surface area is 172 Å². The summed E-state index contributed by atoms with van der Waals surface area (Å²) in [6, 6.07) is 13.8. The predicted octanol–water partition coefficient (Wildman–Crippen LogP) is 4.50. The Kier molecular flexibility index (Phi) is 6.97. The number of benzene rings is 2. The van der Waals surface area contributed by atoms with Gasteiger partial charge in [0.2, 0.25) is 5.82 Å². The fourth-order valence-corrected chi connectivity index (χ4v) is 2.69. The van der Waals surface area contributed by atoms with E-state index in [1.54, 1.807) is 24.3 Å². The lowest BCUT2D eigenvalue weighted by Crippen LogP contribution is -2.08. The Hall–Kier alpha value is -3.19. The van der Waals surface area contributed by atoms with Crippen LogP contribution in [0.5, 0.6) is 5.75 Å². The summed E-state index contributed by atoms with van der Waals surface area (Å²) < 4.78 is 15.8. The molecule has 0 N–H and O–H groups in total. The number of hydrogen-bond acceptors (Lipinski definition) is 7. The summed E-state index contributed by atoms with van der Waals surface area (Å²) in [6.07, 6.45) is -0.00704. The maximum absolute atomic E-state index is 12.1. The van der Waals surface area contributed by atoms with Gasteiger partial charge < -0.3 is 14.0 Å². The molecule has 0 aliphatic rings. The van der Waals surface area contributed by atoms with Gasteiger partial charge in [0, 0.05) is 17.0 Å². The van der Waals surface area contributed by atoms with Crippen LogP contribution in [0, 0.1) is 0 Å². The Morgan fingerprint density at radius 3 is 2.59 bits per heavy atom. The minimum Gasteiger partial charge on any atom is -0.493 e. The number of para-hydroxylation sites is 1. The predicted molar refractivity (Wildman–Crippen MR) is 106 cm³/mol. The van der Waals surface area contributed by atoms with E-state index < -0.39 is 5.97 Å². The van der Waals surface area contributed by atoms with Gasteiger partial charge in [-0.1, -0.05) is 28.9 Å². The SMILES string of the molecule is CCOc1ccccc1-c1noc(COC(=O)CCC(=O)c2ccc(Cl)cc2)n1. The summed E-state index contributed by atoms with van der Waals surface area (Å²) in [6.45, 7) is 2.22. The van der Waals surface area contributed by atoms with Crippen molar-refractivity contribution in [3.63, 3.8) is 0 Å². The lowest BCUT2D eigenvalue weighted by Gasteiger charge is -2.06. The van der Waals surface area contributed by atoms with Crippen molar-refractivity contribution in [2.45, 2.75) is 26.4 Å². The standard InChI is InChI=1S/C21H19ClN2O5/c1-2-27-18-6-4-3-5-16(18)21-23-19(29-24-21)13-28-20(26)12-11-17(25)14-7-9-15(22)10-8-14/h3-10H,2,11-13H2,1H3. The molecule has 0 unspecified atom stereocenters. The number of ether oxygens (including phenoxy) is 2. The van der Waals surface area contributed by atoms with E-state index in [9.17, 15) is 9.59 Å². The summed E-state index contributed by atoms with van der Waals surface area (Å²) in [5.74, 6) is 0.453. The first kappa shape index (κ1) is 20.5. The Morgan fingerprint density at radius 2 is 1.83 bits per heavy atom. The smallest absolute Gasteiger partial charge is 0.306 e. The van der Waals surface area contributed by atoms with Crippen LogP contribution in [0.4, 0.5) is 0 Å². The molecule has 8 heteroatoms. The van der Waals surface area contributed by atoms with E-state index in [2.05, 4.69) is 10.1 Å². The molecule has 0 saturated heterocycles. The molecule has 0 aliphatic heterocycles. The van der Waals surface area contributed by atoms with Gasteiger partial charge in [0.1, 0.15) is 5.75 Å². The third-order valence-corrected chi connectivity index (χ3v) is 4.23. The third-order valence-electron chi connectivity index (χ3n) is 3.97. The molecule has 0 bridgehead atoms. The molecule has 0 fully saturated rings. The van der Waals surface area contributed by atoms with Gasteiger partial charge in [-0.2, -0.15) is 4.98 Å². The van der Waals surface area contributed by atoms with Crippen molar-refractivity contribution < 1.29 is 23.6 Å². The van der Waals surface area contributed by atoms with Crippen LogP contribution in [0.25, 0.3) is 11.4 Å². The molecule has 0 spiro atoms. The molecule has 29 heavy (non-hydrogen) atoms. The molecular formula is C21H19ClN2O5. The maximum atomic E-state index is 12.1. The van der Waals surface area contributed by atoms with E-state index in [1.807, 2.05) is 31.2 Å². The molecule has 1 aromatic heterocycles. The van der Waals surface area contributed by atoms with E-state index in [4.69, 9.17) is 25.6 Å². The van der Waals surface area contributed by atoms with E-state index in [0.29, 0.717) is 34.3 Å². The van der Waals surface area contributed by atoms with Crippen LogP contribution in [-0.2, 0) is 16.1 Å².